The zero-order valence-electron chi connectivity index (χ0n) is 8.46. The van der Waals surface area contributed by atoms with Crippen molar-refractivity contribution < 1.29 is 13.6 Å². The summed E-state index contributed by atoms with van der Waals surface area (Å²) in [7, 11) is 0. The van der Waals surface area contributed by atoms with Gasteiger partial charge in [-0.1, -0.05) is 0 Å². The number of ketones is 1. The Balaban J connectivity index is 2.45. The first-order valence-corrected chi connectivity index (χ1v) is 5.42. The topological polar surface area (TPSA) is 30.2 Å². The van der Waals surface area contributed by atoms with Crippen molar-refractivity contribution in [3.05, 3.63) is 57.7 Å². The lowest BCUT2D eigenvalue weighted by Crippen LogP contribution is -2.01. The summed E-state index contributed by atoms with van der Waals surface area (Å²) in [5.74, 6) is -0.574. The highest BCUT2D eigenvalue weighted by Crippen LogP contribution is 2.22. The lowest BCUT2D eigenvalue weighted by Gasteiger charge is -2.01. The molecule has 0 saturated heterocycles. The van der Waals surface area contributed by atoms with E-state index >= 15 is 0 Å². The third-order valence-electron chi connectivity index (χ3n) is 2.13. The fraction of sp³-hybridized carbons (Fsp3) is 0.0833. The van der Waals surface area contributed by atoms with E-state index in [2.05, 4.69) is 15.9 Å². The maximum Gasteiger partial charge on any atom is 0.229 e. The van der Waals surface area contributed by atoms with Crippen molar-refractivity contribution in [1.29, 1.82) is 0 Å². The molecule has 0 aliphatic carbocycles. The van der Waals surface area contributed by atoms with Crippen molar-refractivity contribution in [2.75, 3.05) is 0 Å². The van der Waals surface area contributed by atoms with Crippen LogP contribution in [0, 0.1) is 12.7 Å². The average molecular weight is 283 g/mol. The van der Waals surface area contributed by atoms with Gasteiger partial charge in [-0.25, -0.2) is 4.39 Å². The normalized spacial score (nSPS) is 10.4. The van der Waals surface area contributed by atoms with Crippen molar-refractivity contribution in [3.63, 3.8) is 0 Å². The summed E-state index contributed by atoms with van der Waals surface area (Å²) in [6.07, 6.45) is 1.41. The molecule has 0 bridgehead atoms. The predicted octanol–water partition coefficient (Wildman–Crippen LogP) is 3.72. The van der Waals surface area contributed by atoms with Gasteiger partial charge in [-0.05, 0) is 52.7 Å². The predicted molar refractivity (Wildman–Crippen MR) is 61.0 cm³/mol. The molecule has 0 N–H and O–H groups in total. The van der Waals surface area contributed by atoms with Gasteiger partial charge >= 0.3 is 0 Å². The summed E-state index contributed by atoms with van der Waals surface area (Å²) >= 11 is 3.19. The quantitative estimate of drug-likeness (QED) is 0.786. The van der Waals surface area contributed by atoms with Crippen LogP contribution in [-0.2, 0) is 0 Å². The molecule has 0 radical (unpaired) electrons. The molecule has 16 heavy (non-hydrogen) atoms. The van der Waals surface area contributed by atoms with Gasteiger partial charge in [0.1, 0.15) is 5.82 Å². The number of aryl methyl sites for hydroxylation is 1. The second-order valence-electron chi connectivity index (χ2n) is 3.44. The molecule has 1 aromatic heterocycles. The van der Waals surface area contributed by atoms with E-state index in [0.29, 0.717) is 10.0 Å². The number of hydrogen-bond acceptors (Lipinski definition) is 2. The van der Waals surface area contributed by atoms with Gasteiger partial charge in [0.05, 0.1) is 10.7 Å². The maximum atomic E-state index is 13.1. The van der Waals surface area contributed by atoms with E-state index in [1.54, 1.807) is 19.1 Å². The fourth-order valence-electron chi connectivity index (χ4n) is 1.45. The van der Waals surface area contributed by atoms with Gasteiger partial charge in [-0.2, -0.15) is 0 Å². The molecule has 0 aliphatic heterocycles. The van der Waals surface area contributed by atoms with Crippen LogP contribution in [-0.4, -0.2) is 5.78 Å². The summed E-state index contributed by atoms with van der Waals surface area (Å²) in [5, 5.41) is 0. The summed E-state index contributed by atoms with van der Waals surface area (Å²) in [6.45, 7) is 1.73. The van der Waals surface area contributed by atoms with Crippen LogP contribution in [0.15, 0.2) is 39.4 Å². The Morgan fingerprint density at radius 3 is 2.69 bits per heavy atom. The Labute approximate surface area is 100 Å². The van der Waals surface area contributed by atoms with Crippen LogP contribution in [0.3, 0.4) is 0 Å². The van der Waals surface area contributed by atoms with E-state index in [9.17, 15) is 9.18 Å². The summed E-state index contributed by atoms with van der Waals surface area (Å²) in [6, 6.07) is 5.82. The van der Waals surface area contributed by atoms with E-state index in [0.717, 1.165) is 0 Å². The van der Waals surface area contributed by atoms with Crippen molar-refractivity contribution in [3.8, 4) is 0 Å². The molecule has 0 saturated carbocycles. The van der Waals surface area contributed by atoms with Crippen LogP contribution in [0.2, 0.25) is 0 Å². The van der Waals surface area contributed by atoms with E-state index in [-0.39, 0.29) is 17.1 Å². The maximum absolute atomic E-state index is 13.1. The van der Waals surface area contributed by atoms with Crippen LogP contribution >= 0.6 is 15.9 Å². The summed E-state index contributed by atoms with van der Waals surface area (Å²) in [4.78, 5) is 11.9. The van der Waals surface area contributed by atoms with Crippen molar-refractivity contribution in [1.82, 2.24) is 0 Å². The smallest absolute Gasteiger partial charge is 0.229 e. The van der Waals surface area contributed by atoms with E-state index < -0.39 is 5.82 Å². The number of benzene rings is 1. The third-order valence-corrected chi connectivity index (χ3v) is 2.75. The first kappa shape index (κ1) is 11.1. The Morgan fingerprint density at radius 2 is 2.12 bits per heavy atom. The van der Waals surface area contributed by atoms with Crippen LogP contribution in [0.4, 0.5) is 4.39 Å². The molecule has 1 aromatic carbocycles. The minimum absolute atomic E-state index is 0.185. The molecule has 0 fully saturated rings. The van der Waals surface area contributed by atoms with Gasteiger partial charge in [-0.3, -0.25) is 4.79 Å². The number of carbonyl (C=O) groups excluding carboxylic acids is 1. The van der Waals surface area contributed by atoms with Gasteiger partial charge in [0.15, 0.2) is 5.76 Å². The van der Waals surface area contributed by atoms with Crippen LogP contribution in [0.25, 0.3) is 0 Å². The number of carbonyl (C=O) groups is 1. The minimum atomic E-state index is -0.425. The highest BCUT2D eigenvalue weighted by atomic mass is 79.9. The number of hydrogen-bond donors (Lipinski definition) is 0. The molecular weight excluding hydrogens is 275 g/mol. The van der Waals surface area contributed by atoms with Gasteiger partial charge in [0.2, 0.25) is 5.78 Å². The standard InChI is InChI=1S/C12H8BrFO2/c1-7-4-8(6-9(14)5-7)11(15)12-10(13)2-3-16-12/h2-6H,1H3. The van der Waals surface area contributed by atoms with Gasteiger partial charge in [0.25, 0.3) is 0 Å². The second-order valence-corrected chi connectivity index (χ2v) is 4.30. The van der Waals surface area contributed by atoms with Crippen molar-refractivity contribution in [2.45, 2.75) is 6.92 Å². The van der Waals surface area contributed by atoms with Gasteiger partial charge < -0.3 is 4.42 Å². The monoisotopic (exact) mass is 282 g/mol. The molecule has 4 heteroatoms. The molecule has 1 heterocycles. The van der Waals surface area contributed by atoms with Crippen molar-refractivity contribution >= 4 is 21.7 Å². The Hall–Kier alpha value is -1.42. The highest BCUT2D eigenvalue weighted by Gasteiger charge is 2.16. The molecule has 2 nitrogen and oxygen atoms in total. The zero-order valence-corrected chi connectivity index (χ0v) is 10.0. The summed E-state index contributed by atoms with van der Waals surface area (Å²) in [5.41, 5.74) is 0.985. The van der Waals surface area contributed by atoms with Crippen LogP contribution < -0.4 is 0 Å². The Bertz CT molecular complexity index is 525. The molecule has 82 valence electrons. The Kier molecular flexibility index (Phi) is 2.92. The number of halogens is 2. The third kappa shape index (κ3) is 2.07. The average Bonchev–Trinajstić information content (AvgIpc) is 2.62. The SMILES string of the molecule is Cc1cc(F)cc(C(=O)c2occc2Br)c1. The molecule has 2 aromatic rings. The van der Waals surface area contributed by atoms with E-state index in [4.69, 9.17) is 4.42 Å². The van der Waals surface area contributed by atoms with Crippen LogP contribution in [0.5, 0.6) is 0 Å². The molecule has 0 atom stereocenters. The van der Waals surface area contributed by atoms with Crippen molar-refractivity contribution in [2.24, 2.45) is 0 Å². The molecule has 0 aliphatic rings. The largest absolute Gasteiger partial charge is 0.460 e. The summed E-state index contributed by atoms with van der Waals surface area (Å²) < 4.78 is 18.7. The molecule has 0 unspecified atom stereocenters. The lowest BCUT2D eigenvalue weighted by atomic mass is 10.1. The zero-order chi connectivity index (χ0) is 11.7. The first-order chi connectivity index (χ1) is 7.58. The van der Waals surface area contributed by atoms with Crippen LogP contribution in [0.1, 0.15) is 21.7 Å². The van der Waals surface area contributed by atoms with Gasteiger partial charge in [0, 0.05) is 5.56 Å². The number of rotatable bonds is 2. The highest BCUT2D eigenvalue weighted by molar-refractivity contribution is 9.10. The molecule has 2 rings (SSSR count). The molecule has 0 amide bonds. The minimum Gasteiger partial charge on any atom is -0.460 e. The second kappa shape index (κ2) is 4.22. The molecule has 0 spiro atoms. The lowest BCUT2D eigenvalue weighted by molar-refractivity contribution is 0.101. The first-order valence-electron chi connectivity index (χ1n) is 4.63. The van der Waals surface area contributed by atoms with E-state index in [1.807, 2.05) is 0 Å². The van der Waals surface area contributed by atoms with E-state index in [1.165, 1.54) is 18.4 Å². The molecular formula is C12H8BrFO2. The Morgan fingerprint density at radius 1 is 1.38 bits per heavy atom. The fourth-order valence-corrected chi connectivity index (χ4v) is 1.84. The number of furan rings is 1. The van der Waals surface area contributed by atoms with Gasteiger partial charge in [-0.15, -0.1) is 0 Å².